The zero-order valence-electron chi connectivity index (χ0n) is 12.9. The van der Waals surface area contributed by atoms with Crippen molar-refractivity contribution in [3.8, 4) is 5.75 Å². The van der Waals surface area contributed by atoms with Gasteiger partial charge in [0.25, 0.3) is 0 Å². The molecule has 0 aromatic heterocycles. The third kappa shape index (κ3) is 4.41. The van der Waals surface area contributed by atoms with Crippen molar-refractivity contribution in [2.24, 2.45) is 5.10 Å². The molecule has 0 saturated carbocycles. The third-order valence-corrected chi connectivity index (χ3v) is 3.12. The third-order valence-electron chi connectivity index (χ3n) is 3.12. The van der Waals surface area contributed by atoms with Crippen LogP contribution in [-0.2, 0) is 9.59 Å². The van der Waals surface area contributed by atoms with Crippen LogP contribution in [0, 0.1) is 6.92 Å². The first-order chi connectivity index (χ1) is 11.1. The Bertz CT molecular complexity index is 741. The zero-order chi connectivity index (χ0) is 16.7. The smallest absolute Gasteiger partial charge is 0.329 e. The molecule has 0 heterocycles. The lowest BCUT2D eigenvalue weighted by atomic mass is 10.1. The number of hydrogen-bond acceptors (Lipinski definition) is 4. The Kier molecular flexibility index (Phi) is 5.46. The van der Waals surface area contributed by atoms with Crippen molar-refractivity contribution in [3.63, 3.8) is 0 Å². The number of carbonyl (C=O) groups excluding carboxylic acids is 2. The average Bonchev–Trinajstić information content (AvgIpc) is 2.57. The van der Waals surface area contributed by atoms with Gasteiger partial charge in [-0.25, -0.2) is 5.43 Å². The van der Waals surface area contributed by atoms with Crippen molar-refractivity contribution in [3.05, 3.63) is 59.7 Å². The minimum Gasteiger partial charge on any atom is -0.495 e. The summed E-state index contributed by atoms with van der Waals surface area (Å²) in [5.74, 6) is -1.21. The van der Waals surface area contributed by atoms with E-state index in [1.54, 1.807) is 24.3 Å². The molecule has 2 aromatic carbocycles. The fraction of sp³-hybridized carbons (Fsp3) is 0.118. The van der Waals surface area contributed by atoms with Gasteiger partial charge in [0.2, 0.25) is 0 Å². The molecule has 6 nitrogen and oxygen atoms in total. The molecule has 0 saturated heterocycles. The number of hydrazone groups is 1. The summed E-state index contributed by atoms with van der Waals surface area (Å²) in [6.07, 6.45) is 1.49. The molecule has 118 valence electrons. The van der Waals surface area contributed by atoms with Crippen LogP contribution in [0.3, 0.4) is 0 Å². The van der Waals surface area contributed by atoms with E-state index in [0.29, 0.717) is 11.4 Å². The van der Waals surface area contributed by atoms with E-state index in [0.717, 1.165) is 11.1 Å². The van der Waals surface area contributed by atoms with Crippen molar-refractivity contribution in [1.29, 1.82) is 0 Å². The molecular formula is C17H17N3O3. The summed E-state index contributed by atoms with van der Waals surface area (Å²) < 4.78 is 5.10. The molecule has 0 aliphatic carbocycles. The Morgan fingerprint density at radius 3 is 2.48 bits per heavy atom. The molecule has 2 aromatic rings. The first-order valence-electron chi connectivity index (χ1n) is 6.95. The van der Waals surface area contributed by atoms with Crippen molar-refractivity contribution in [1.82, 2.24) is 5.43 Å². The van der Waals surface area contributed by atoms with E-state index in [4.69, 9.17) is 4.74 Å². The Morgan fingerprint density at radius 1 is 1.04 bits per heavy atom. The topological polar surface area (TPSA) is 79.8 Å². The van der Waals surface area contributed by atoms with E-state index in [9.17, 15) is 9.59 Å². The molecule has 2 amide bonds. The lowest BCUT2D eigenvalue weighted by Gasteiger charge is -2.08. The van der Waals surface area contributed by atoms with Gasteiger partial charge in [0.15, 0.2) is 0 Å². The molecule has 0 atom stereocenters. The number of amides is 2. The van der Waals surface area contributed by atoms with Crippen molar-refractivity contribution >= 4 is 23.7 Å². The van der Waals surface area contributed by atoms with Gasteiger partial charge in [-0.05, 0) is 30.2 Å². The van der Waals surface area contributed by atoms with Crippen LogP contribution in [0.2, 0.25) is 0 Å². The fourth-order valence-corrected chi connectivity index (χ4v) is 1.87. The van der Waals surface area contributed by atoms with Crippen LogP contribution in [0.5, 0.6) is 5.75 Å². The van der Waals surface area contributed by atoms with Crippen LogP contribution < -0.4 is 15.5 Å². The minimum atomic E-state index is -0.860. The quantitative estimate of drug-likeness (QED) is 0.515. The van der Waals surface area contributed by atoms with E-state index < -0.39 is 11.8 Å². The number of ether oxygens (including phenoxy) is 1. The van der Waals surface area contributed by atoms with Crippen LogP contribution >= 0.6 is 0 Å². The molecule has 0 unspecified atom stereocenters. The van der Waals surface area contributed by atoms with E-state index in [2.05, 4.69) is 15.8 Å². The van der Waals surface area contributed by atoms with Gasteiger partial charge in [-0.2, -0.15) is 5.10 Å². The van der Waals surface area contributed by atoms with Gasteiger partial charge in [0, 0.05) is 0 Å². The van der Waals surface area contributed by atoms with Gasteiger partial charge < -0.3 is 10.1 Å². The summed E-state index contributed by atoms with van der Waals surface area (Å²) in [6, 6.07) is 14.4. The van der Waals surface area contributed by atoms with Crippen LogP contribution in [-0.4, -0.2) is 25.1 Å². The second-order valence-electron chi connectivity index (χ2n) is 4.71. The standard InChI is InChI=1S/C17H17N3O3/c1-12-7-3-4-8-13(12)11-18-20-17(22)16(21)19-14-9-5-6-10-15(14)23-2/h3-11H,1-2H3,(H,19,21)(H,20,22)/b18-11+. The number of nitrogens with zero attached hydrogens (tertiary/aromatic N) is 1. The second-order valence-corrected chi connectivity index (χ2v) is 4.71. The maximum atomic E-state index is 11.8. The van der Waals surface area contributed by atoms with E-state index >= 15 is 0 Å². The van der Waals surface area contributed by atoms with Crippen molar-refractivity contribution < 1.29 is 14.3 Å². The van der Waals surface area contributed by atoms with E-state index in [-0.39, 0.29) is 0 Å². The van der Waals surface area contributed by atoms with Crippen LogP contribution in [0.25, 0.3) is 0 Å². The fourth-order valence-electron chi connectivity index (χ4n) is 1.87. The second kappa shape index (κ2) is 7.74. The summed E-state index contributed by atoms with van der Waals surface area (Å²) in [5.41, 5.74) is 4.49. The largest absolute Gasteiger partial charge is 0.495 e. The monoisotopic (exact) mass is 311 g/mol. The minimum absolute atomic E-state index is 0.415. The maximum Gasteiger partial charge on any atom is 0.329 e. The van der Waals surface area contributed by atoms with Crippen LogP contribution in [0.1, 0.15) is 11.1 Å². The highest BCUT2D eigenvalue weighted by Crippen LogP contribution is 2.22. The Balaban J connectivity index is 1.95. The van der Waals surface area contributed by atoms with Gasteiger partial charge in [-0.1, -0.05) is 36.4 Å². The van der Waals surface area contributed by atoms with Crippen molar-refractivity contribution in [2.75, 3.05) is 12.4 Å². The van der Waals surface area contributed by atoms with Gasteiger partial charge in [-0.3, -0.25) is 9.59 Å². The maximum absolute atomic E-state index is 11.8. The summed E-state index contributed by atoms with van der Waals surface area (Å²) in [7, 11) is 1.48. The molecular weight excluding hydrogens is 294 g/mol. The summed E-state index contributed by atoms with van der Waals surface area (Å²) in [5, 5.41) is 6.26. The molecule has 0 aliphatic heterocycles. The van der Waals surface area contributed by atoms with Crippen molar-refractivity contribution in [2.45, 2.75) is 6.92 Å². The highest BCUT2D eigenvalue weighted by atomic mass is 16.5. The van der Waals surface area contributed by atoms with Crippen LogP contribution in [0.4, 0.5) is 5.69 Å². The Hall–Kier alpha value is -3.15. The molecule has 2 rings (SSSR count). The van der Waals surface area contributed by atoms with Gasteiger partial charge in [0.1, 0.15) is 5.75 Å². The average molecular weight is 311 g/mol. The molecule has 6 heteroatoms. The summed E-state index contributed by atoms with van der Waals surface area (Å²) in [6.45, 7) is 1.93. The number of nitrogens with one attached hydrogen (secondary N) is 2. The van der Waals surface area contributed by atoms with E-state index in [1.165, 1.54) is 13.3 Å². The number of hydrogen-bond donors (Lipinski definition) is 2. The highest BCUT2D eigenvalue weighted by molar-refractivity contribution is 6.39. The predicted octanol–water partition coefficient (Wildman–Crippen LogP) is 2.09. The zero-order valence-corrected chi connectivity index (χ0v) is 12.9. The molecule has 2 N–H and O–H groups in total. The number of carbonyl (C=O) groups is 2. The van der Waals surface area contributed by atoms with Gasteiger partial charge >= 0.3 is 11.8 Å². The highest BCUT2D eigenvalue weighted by Gasteiger charge is 2.14. The van der Waals surface area contributed by atoms with Gasteiger partial charge in [-0.15, -0.1) is 0 Å². The van der Waals surface area contributed by atoms with Crippen LogP contribution in [0.15, 0.2) is 53.6 Å². The number of anilines is 1. The first-order valence-corrected chi connectivity index (χ1v) is 6.95. The Morgan fingerprint density at radius 2 is 1.74 bits per heavy atom. The SMILES string of the molecule is COc1ccccc1NC(=O)C(=O)N/N=C/c1ccccc1C. The molecule has 0 spiro atoms. The summed E-state index contributed by atoms with van der Waals surface area (Å²) >= 11 is 0. The summed E-state index contributed by atoms with van der Waals surface area (Å²) in [4.78, 5) is 23.6. The first kappa shape index (κ1) is 16.2. The molecule has 23 heavy (non-hydrogen) atoms. The Labute approximate surface area is 134 Å². The molecule has 0 radical (unpaired) electrons. The van der Waals surface area contributed by atoms with Gasteiger partial charge in [0.05, 0.1) is 19.0 Å². The van der Waals surface area contributed by atoms with E-state index in [1.807, 2.05) is 31.2 Å². The lowest BCUT2D eigenvalue weighted by Crippen LogP contribution is -2.32. The number of rotatable bonds is 4. The molecule has 0 fully saturated rings. The number of aryl methyl sites for hydroxylation is 1. The number of para-hydroxylation sites is 2. The predicted molar refractivity (Wildman–Crippen MR) is 88.5 cm³/mol. The number of methoxy groups -OCH3 is 1. The molecule has 0 bridgehead atoms. The normalized spacial score (nSPS) is 10.3. The number of benzene rings is 2. The lowest BCUT2D eigenvalue weighted by molar-refractivity contribution is -0.136. The molecule has 0 aliphatic rings.